The summed E-state index contributed by atoms with van der Waals surface area (Å²) in [4.78, 5) is 12.1. The predicted octanol–water partition coefficient (Wildman–Crippen LogP) is 5.33. The van der Waals surface area contributed by atoms with Gasteiger partial charge in [0.05, 0.1) is 12.3 Å². The molecular weight excluding hydrogens is 397 g/mol. The van der Waals surface area contributed by atoms with Crippen molar-refractivity contribution in [3.63, 3.8) is 0 Å². The number of anilines is 1. The number of carbonyl (C=O) groups excluding carboxylic acids is 1. The third-order valence-corrected chi connectivity index (χ3v) is 4.18. The summed E-state index contributed by atoms with van der Waals surface area (Å²) in [5.74, 6) is 1.03. The fourth-order valence-electron chi connectivity index (χ4n) is 2.75. The molecule has 0 saturated carbocycles. The molecule has 31 heavy (non-hydrogen) atoms. The SMILES string of the molecule is CCOc1cc(/C=C/C(=O)Nc2ccccc2F)ccc1OCCOc1ccccc1. The summed E-state index contributed by atoms with van der Waals surface area (Å²) in [6, 6.07) is 20.9. The first-order valence-corrected chi connectivity index (χ1v) is 9.97. The van der Waals surface area contributed by atoms with Crippen LogP contribution < -0.4 is 19.5 Å². The van der Waals surface area contributed by atoms with Crippen molar-refractivity contribution in [1.29, 1.82) is 0 Å². The van der Waals surface area contributed by atoms with Crippen LogP contribution in [0.25, 0.3) is 6.08 Å². The summed E-state index contributed by atoms with van der Waals surface area (Å²) in [6.07, 6.45) is 2.97. The molecule has 5 nitrogen and oxygen atoms in total. The van der Waals surface area contributed by atoms with Gasteiger partial charge in [0.15, 0.2) is 11.5 Å². The number of benzene rings is 3. The maximum absolute atomic E-state index is 13.6. The third kappa shape index (κ3) is 6.89. The molecule has 0 aliphatic heterocycles. The van der Waals surface area contributed by atoms with E-state index in [-0.39, 0.29) is 5.69 Å². The number of amides is 1. The van der Waals surface area contributed by atoms with E-state index in [9.17, 15) is 9.18 Å². The Hall–Kier alpha value is -3.80. The van der Waals surface area contributed by atoms with Crippen molar-refractivity contribution in [2.45, 2.75) is 6.92 Å². The maximum atomic E-state index is 13.6. The topological polar surface area (TPSA) is 56.8 Å². The number of rotatable bonds is 10. The lowest BCUT2D eigenvalue weighted by Gasteiger charge is -2.13. The molecule has 0 spiro atoms. The summed E-state index contributed by atoms with van der Waals surface area (Å²) in [7, 11) is 0. The quantitative estimate of drug-likeness (QED) is 0.355. The summed E-state index contributed by atoms with van der Waals surface area (Å²) >= 11 is 0. The highest BCUT2D eigenvalue weighted by atomic mass is 19.1. The molecule has 0 radical (unpaired) electrons. The van der Waals surface area contributed by atoms with E-state index in [1.165, 1.54) is 18.2 Å². The first-order valence-electron chi connectivity index (χ1n) is 9.97. The average Bonchev–Trinajstić information content (AvgIpc) is 2.79. The van der Waals surface area contributed by atoms with E-state index in [4.69, 9.17) is 14.2 Å². The number of ether oxygens (including phenoxy) is 3. The van der Waals surface area contributed by atoms with Crippen molar-refractivity contribution in [2.75, 3.05) is 25.1 Å². The molecule has 3 aromatic rings. The molecular formula is C25H24FNO4. The molecule has 0 aliphatic carbocycles. The lowest BCUT2D eigenvalue weighted by molar-refractivity contribution is -0.111. The lowest BCUT2D eigenvalue weighted by Crippen LogP contribution is -2.10. The van der Waals surface area contributed by atoms with Gasteiger partial charge < -0.3 is 19.5 Å². The van der Waals surface area contributed by atoms with Crippen LogP contribution in [-0.2, 0) is 4.79 Å². The van der Waals surface area contributed by atoms with Gasteiger partial charge in [-0.3, -0.25) is 4.79 Å². The Morgan fingerprint density at radius 3 is 2.42 bits per heavy atom. The van der Waals surface area contributed by atoms with Crippen LogP contribution in [0.4, 0.5) is 10.1 Å². The van der Waals surface area contributed by atoms with Crippen molar-refractivity contribution in [1.82, 2.24) is 0 Å². The maximum Gasteiger partial charge on any atom is 0.248 e. The van der Waals surface area contributed by atoms with Crippen LogP contribution in [0.3, 0.4) is 0 Å². The van der Waals surface area contributed by atoms with Crippen molar-refractivity contribution in [3.05, 3.63) is 90.3 Å². The highest BCUT2D eigenvalue weighted by molar-refractivity contribution is 6.02. The summed E-state index contributed by atoms with van der Waals surface area (Å²) in [6.45, 7) is 3.10. The van der Waals surface area contributed by atoms with Crippen molar-refractivity contribution >= 4 is 17.7 Å². The van der Waals surface area contributed by atoms with E-state index in [0.29, 0.717) is 31.3 Å². The Labute approximate surface area is 181 Å². The second-order valence-corrected chi connectivity index (χ2v) is 6.45. The fraction of sp³-hybridized carbons (Fsp3) is 0.160. The minimum absolute atomic E-state index is 0.133. The second kappa shape index (κ2) is 11.4. The lowest BCUT2D eigenvalue weighted by atomic mass is 10.2. The molecule has 0 bridgehead atoms. The molecule has 0 fully saturated rings. The second-order valence-electron chi connectivity index (χ2n) is 6.45. The Morgan fingerprint density at radius 2 is 1.65 bits per heavy atom. The molecule has 0 aliphatic rings. The van der Waals surface area contributed by atoms with Gasteiger partial charge in [0.25, 0.3) is 0 Å². The molecule has 0 unspecified atom stereocenters. The highest BCUT2D eigenvalue weighted by Crippen LogP contribution is 2.29. The Bertz CT molecular complexity index is 1020. The zero-order chi connectivity index (χ0) is 21.9. The van der Waals surface area contributed by atoms with Crippen LogP contribution in [0, 0.1) is 5.82 Å². The first-order chi connectivity index (χ1) is 15.2. The molecule has 0 heterocycles. The molecule has 1 amide bonds. The van der Waals surface area contributed by atoms with Gasteiger partial charge >= 0.3 is 0 Å². The van der Waals surface area contributed by atoms with Gasteiger partial charge in [-0.1, -0.05) is 36.4 Å². The van der Waals surface area contributed by atoms with Gasteiger partial charge in [-0.2, -0.15) is 0 Å². The van der Waals surface area contributed by atoms with E-state index in [1.807, 2.05) is 43.3 Å². The van der Waals surface area contributed by atoms with Crippen molar-refractivity contribution < 1.29 is 23.4 Å². The average molecular weight is 421 g/mol. The van der Waals surface area contributed by atoms with Crippen LogP contribution in [0.5, 0.6) is 17.2 Å². The predicted molar refractivity (Wildman–Crippen MR) is 119 cm³/mol. The number of halogens is 1. The van der Waals surface area contributed by atoms with Gasteiger partial charge in [-0.25, -0.2) is 4.39 Å². The van der Waals surface area contributed by atoms with E-state index in [2.05, 4.69) is 5.32 Å². The monoisotopic (exact) mass is 421 g/mol. The van der Waals surface area contributed by atoms with Crippen LogP contribution in [0.2, 0.25) is 0 Å². The van der Waals surface area contributed by atoms with E-state index in [1.54, 1.807) is 30.3 Å². The fourth-order valence-corrected chi connectivity index (χ4v) is 2.75. The van der Waals surface area contributed by atoms with Gasteiger partial charge in [0.2, 0.25) is 5.91 Å². The number of hydrogen-bond acceptors (Lipinski definition) is 4. The zero-order valence-electron chi connectivity index (χ0n) is 17.2. The summed E-state index contributed by atoms with van der Waals surface area (Å²) in [5, 5.41) is 2.51. The van der Waals surface area contributed by atoms with Gasteiger partial charge in [-0.15, -0.1) is 0 Å². The molecule has 3 rings (SSSR count). The van der Waals surface area contributed by atoms with Crippen molar-refractivity contribution in [2.24, 2.45) is 0 Å². The first kappa shape index (κ1) is 21.9. The smallest absolute Gasteiger partial charge is 0.248 e. The molecule has 160 valence electrons. The highest BCUT2D eigenvalue weighted by Gasteiger charge is 2.07. The van der Waals surface area contributed by atoms with Crippen LogP contribution in [0.1, 0.15) is 12.5 Å². The molecule has 0 saturated heterocycles. The van der Waals surface area contributed by atoms with Crippen LogP contribution >= 0.6 is 0 Å². The Balaban J connectivity index is 1.57. The van der Waals surface area contributed by atoms with Gasteiger partial charge in [0.1, 0.15) is 24.8 Å². The molecule has 6 heteroatoms. The van der Waals surface area contributed by atoms with Crippen LogP contribution in [0.15, 0.2) is 78.9 Å². The van der Waals surface area contributed by atoms with E-state index < -0.39 is 11.7 Å². The summed E-state index contributed by atoms with van der Waals surface area (Å²) in [5.41, 5.74) is 0.883. The normalized spacial score (nSPS) is 10.6. The third-order valence-electron chi connectivity index (χ3n) is 4.18. The van der Waals surface area contributed by atoms with Crippen molar-refractivity contribution in [3.8, 4) is 17.2 Å². The Morgan fingerprint density at radius 1 is 0.903 bits per heavy atom. The number of para-hydroxylation sites is 2. The summed E-state index contributed by atoms with van der Waals surface area (Å²) < 4.78 is 30.7. The molecule has 3 aromatic carbocycles. The minimum atomic E-state index is -0.486. The van der Waals surface area contributed by atoms with E-state index >= 15 is 0 Å². The largest absolute Gasteiger partial charge is 0.490 e. The number of carbonyl (C=O) groups is 1. The molecule has 0 atom stereocenters. The van der Waals surface area contributed by atoms with Gasteiger partial charge in [0, 0.05) is 6.08 Å². The van der Waals surface area contributed by atoms with Gasteiger partial charge in [-0.05, 0) is 55.0 Å². The van der Waals surface area contributed by atoms with Crippen LogP contribution in [-0.4, -0.2) is 25.7 Å². The molecule has 0 aromatic heterocycles. The number of nitrogens with one attached hydrogen (secondary N) is 1. The zero-order valence-corrected chi connectivity index (χ0v) is 17.2. The minimum Gasteiger partial charge on any atom is -0.490 e. The van der Waals surface area contributed by atoms with E-state index in [0.717, 1.165) is 11.3 Å². The standard InChI is InChI=1S/C25H24FNO4/c1-2-29-24-18-19(13-15-25(28)27-22-11-7-6-10-21(22)26)12-14-23(24)31-17-16-30-20-8-4-3-5-9-20/h3-15,18H,2,16-17H2,1H3,(H,27,28)/b15-13+. The number of hydrogen-bond donors (Lipinski definition) is 1. The molecule has 1 N–H and O–H groups in total. The Kier molecular flexibility index (Phi) is 8.05.